The van der Waals surface area contributed by atoms with E-state index in [9.17, 15) is 5.26 Å². The molecule has 2 fully saturated rings. The van der Waals surface area contributed by atoms with Crippen LogP contribution >= 0.6 is 0 Å². The van der Waals surface area contributed by atoms with Crippen LogP contribution in [0.3, 0.4) is 0 Å². The fourth-order valence-corrected chi connectivity index (χ4v) is 6.51. The van der Waals surface area contributed by atoms with E-state index in [0.717, 1.165) is 41.6 Å². The molecule has 0 radical (unpaired) electrons. The number of aromatic nitrogens is 1. The van der Waals surface area contributed by atoms with Crippen molar-refractivity contribution in [3.8, 4) is 17.2 Å². The standard InChI is InChI=1S/C35H46N4/c1-6-25(4)26(5)23-39(22-24(2)3)30-16-18-38(19-17-30)33-21-37-35-31(28-12-10-27(20-36)11-13-28)8-7-9-32(35)34(33)29-14-15-29/h7-13,21,24-26,29-30H,6,14-19,22-23H2,1-5H3. The summed E-state index contributed by atoms with van der Waals surface area (Å²) >= 11 is 0. The van der Waals surface area contributed by atoms with Crippen LogP contribution in [-0.4, -0.2) is 42.1 Å². The molecule has 206 valence electrons. The van der Waals surface area contributed by atoms with Crippen molar-refractivity contribution in [3.63, 3.8) is 0 Å². The average Bonchev–Trinajstić information content (AvgIpc) is 3.80. The average molecular weight is 523 g/mol. The van der Waals surface area contributed by atoms with Crippen LogP contribution in [0.25, 0.3) is 22.0 Å². The third-order valence-electron chi connectivity index (χ3n) is 9.29. The molecule has 4 nitrogen and oxygen atoms in total. The molecule has 1 saturated heterocycles. The van der Waals surface area contributed by atoms with Crippen molar-refractivity contribution in [1.29, 1.82) is 5.26 Å². The van der Waals surface area contributed by atoms with Gasteiger partial charge in [0.25, 0.3) is 0 Å². The number of anilines is 1. The summed E-state index contributed by atoms with van der Waals surface area (Å²) in [7, 11) is 0. The molecule has 2 aromatic carbocycles. The number of hydrogen-bond acceptors (Lipinski definition) is 4. The summed E-state index contributed by atoms with van der Waals surface area (Å²) in [5.41, 5.74) is 6.94. The largest absolute Gasteiger partial charge is 0.370 e. The monoisotopic (exact) mass is 522 g/mol. The zero-order valence-corrected chi connectivity index (χ0v) is 24.7. The van der Waals surface area contributed by atoms with Crippen LogP contribution in [0.4, 0.5) is 5.69 Å². The van der Waals surface area contributed by atoms with Crippen molar-refractivity contribution in [2.45, 2.75) is 78.7 Å². The SMILES string of the molecule is CCC(C)C(C)CN(CC(C)C)C1CCN(c2cnc3c(-c4ccc(C#N)cc4)cccc3c2C2CC2)CC1. The molecule has 2 heterocycles. The lowest BCUT2D eigenvalue weighted by atomic mass is 9.91. The minimum atomic E-state index is 0.647. The molecule has 1 aromatic heterocycles. The molecular weight excluding hydrogens is 476 g/mol. The first-order chi connectivity index (χ1) is 18.9. The van der Waals surface area contributed by atoms with E-state index in [1.165, 1.54) is 61.8 Å². The van der Waals surface area contributed by atoms with E-state index >= 15 is 0 Å². The fourth-order valence-electron chi connectivity index (χ4n) is 6.51. The zero-order valence-electron chi connectivity index (χ0n) is 24.7. The van der Waals surface area contributed by atoms with Crippen molar-refractivity contribution in [1.82, 2.24) is 9.88 Å². The Labute approximate surface area is 236 Å². The maximum atomic E-state index is 9.22. The zero-order chi connectivity index (χ0) is 27.5. The number of rotatable bonds is 10. The van der Waals surface area contributed by atoms with Gasteiger partial charge in [-0.1, -0.05) is 71.4 Å². The fraction of sp³-hybridized carbons (Fsp3) is 0.543. The van der Waals surface area contributed by atoms with Gasteiger partial charge in [0.05, 0.1) is 29.0 Å². The van der Waals surface area contributed by atoms with Crippen LogP contribution in [0.1, 0.15) is 83.8 Å². The second-order valence-electron chi connectivity index (χ2n) is 12.7. The number of nitriles is 1. The molecule has 0 spiro atoms. The van der Waals surface area contributed by atoms with Crippen LogP contribution in [-0.2, 0) is 0 Å². The molecule has 2 aliphatic rings. The lowest BCUT2D eigenvalue weighted by Gasteiger charge is -2.42. The van der Waals surface area contributed by atoms with Gasteiger partial charge in [0.15, 0.2) is 0 Å². The van der Waals surface area contributed by atoms with Crippen LogP contribution in [0.15, 0.2) is 48.7 Å². The van der Waals surface area contributed by atoms with Crippen molar-refractivity contribution < 1.29 is 0 Å². The summed E-state index contributed by atoms with van der Waals surface area (Å²) < 4.78 is 0. The number of piperidine rings is 1. The normalized spacial score (nSPS) is 18.1. The molecule has 0 bridgehead atoms. The van der Waals surface area contributed by atoms with Crippen molar-refractivity contribution in [2.24, 2.45) is 17.8 Å². The van der Waals surface area contributed by atoms with Gasteiger partial charge in [-0.05, 0) is 72.6 Å². The number of benzene rings is 2. The second kappa shape index (κ2) is 12.1. The Kier molecular flexibility index (Phi) is 8.57. The van der Waals surface area contributed by atoms with Gasteiger partial charge in [-0.15, -0.1) is 0 Å². The quantitative estimate of drug-likeness (QED) is 0.269. The van der Waals surface area contributed by atoms with Gasteiger partial charge in [0, 0.05) is 43.2 Å². The molecule has 1 saturated carbocycles. The molecule has 2 atom stereocenters. The van der Waals surface area contributed by atoms with E-state index < -0.39 is 0 Å². The Morgan fingerprint density at radius 3 is 2.28 bits per heavy atom. The molecule has 1 aliphatic carbocycles. The Balaban J connectivity index is 1.39. The number of para-hydroxylation sites is 1. The summed E-state index contributed by atoms with van der Waals surface area (Å²) in [5.74, 6) is 2.86. The van der Waals surface area contributed by atoms with Gasteiger partial charge < -0.3 is 4.90 Å². The maximum absolute atomic E-state index is 9.22. The maximum Gasteiger partial charge on any atom is 0.0991 e. The van der Waals surface area contributed by atoms with Crippen LogP contribution < -0.4 is 4.90 Å². The number of nitrogens with zero attached hydrogens (tertiary/aromatic N) is 4. The van der Waals surface area contributed by atoms with Gasteiger partial charge in [0.2, 0.25) is 0 Å². The number of pyridine rings is 1. The molecule has 0 amide bonds. The van der Waals surface area contributed by atoms with Crippen molar-refractivity contribution >= 4 is 16.6 Å². The highest BCUT2D eigenvalue weighted by molar-refractivity contribution is 5.98. The molecule has 3 aromatic rings. The lowest BCUT2D eigenvalue weighted by molar-refractivity contribution is 0.117. The van der Waals surface area contributed by atoms with Gasteiger partial charge >= 0.3 is 0 Å². The first-order valence-electron chi connectivity index (χ1n) is 15.3. The summed E-state index contributed by atoms with van der Waals surface area (Å²) in [6.07, 6.45) is 8.45. The summed E-state index contributed by atoms with van der Waals surface area (Å²) in [6, 6.07) is 17.4. The Hall–Kier alpha value is -2.90. The third kappa shape index (κ3) is 6.15. The van der Waals surface area contributed by atoms with Crippen LogP contribution in [0.2, 0.25) is 0 Å². The Bertz CT molecular complexity index is 1290. The smallest absolute Gasteiger partial charge is 0.0991 e. The van der Waals surface area contributed by atoms with E-state index in [0.29, 0.717) is 23.4 Å². The van der Waals surface area contributed by atoms with Crippen LogP contribution in [0.5, 0.6) is 0 Å². The van der Waals surface area contributed by atoms with E-state index in [4.69, 9.17) is 4.98 Å². The third-order valence-corrected chi connectivity index (χ3v) is 9.29. The van der Waals surface area contributed by atoms with Crippen molar-refractivity contribution in [2.75, 3.05) is 31.1 Å². The first-order valence-corrected chi connectivity index (χ1v) is 15.3. The Morgan fingerprint density at radius 1 is 0.949 bits per heavy atom. The second-order valence-corrected chi connectivity index (χ2v) is 12.7. The first kappa shape index (κ1) is 27.7. The highest BCUT2D eigenvalue weighted by Crippen LogP contribution is 2.48. The summed E-state index contributed by atoms with van der Waals surface area (Å²) in [4.78, 5) is 10.5. The van der Waals surface area contributed by atoms with Crippen LogP contribution in [0, 0.1) is 29.1 Å². The minimum Gasteiger partial charge on any atom is -0.370 e. The molecule has 0 N–H and O–H groups in total. The van der Waals surface area contributed by atoms with E-state index in [-0.39, 0.29) is 0 Å². The number of hydrogen-bond donors (Lipinski definition) is 0. The Morgan fingerprint density at radius 2 is 1.67 bits per heavy atom. The highest BCUT2D eigenvalue weighted by Gasteiger charge is 2.33. The summed E-state index contributed by atoms with van der Waals surface area (Å²) in [6.45, 7) is 16.6. The van der Waals surface area contributed by atoms with Gasteiger partial charge in [-0.25, -0.2) is 0 Å². The topological polar surface area (TPSA) is 43.2 Å². The van der Waals surface area contributed by atoms with Gasteiger partial charge in [-0.3, -0.25) is 9.88 Å². The molecule has 2 unspecified atom stereocenters. The van der Waals surface area contributed by atoms with E-state index in [1.807, 2.05) is 12.1 Å². The predicted molar refractivity (Wildman–Crippen MR) is 164 cm³/mol. The van der Waals surface area contributed by atoms with Gasteiger partial charge in [0.1, 0.15) is 0 Å². The molecule has 4 heteroatoms. The lowest BCUT2D eigenvalue weighted by Crippen LogP contribution is -2.48. The van der Waals surface area contributed by atoms with Crippen molar-refractivity contribution in [3.05, 3.63) is 59.8 Å². The molecule has 1 aliphatic heterocycles. The molecular formula is C35H46N4. The van der Waals surface area contributed by atoms with Gasteiger partial charge in [-0.2, -0.15) is 5.26 Å². The molecule has 5 rings (SSSR count). The number of fused-ring (bicyclic) bond motifs is 1. The predicted octanol–water partition coefficient (Wildman–Crippen LogP) is 8.26. The van der Waals surface area contributed by atoms with E-state index in [2.05, 4.69) is 87.0 Å². The highest BCUT2D eigenvalue weighted by atomic mass is 15.2. The summed E-state index contributed by atoms with van der Waals surface area (Å²) in [5, 5.41) is 10.5. The molecule has 39 heavy (non-hydrogen) atoms. The van der Waals surface area contributed by atoms with E-state index in [1.54, 1.807) is 0 Å². The minimum absolute atomic E-state index is 0.647.